The normalized spacial score (nSPS) is 10.4. The molecular formula is C15H12N2O. The lowest BCUT2D eigenvalue weighted by atomic mass is 10.1. The van der Waals surface area contributed by atoms with E-state index in [9.17, 15) is 0 Å². The smallest absolute Gasteiger partial charge is 0.226 e. The molecule has 0 aliphatic heterocycles. The summed E-state index contributed by atoms with van der Waals surface area (Å²) in [6.45, 7) is 0. The fraction of sp³-hybridized carbons (Fsp3) is 0. The highest BCUT2D eigenvalue weighted by Gasteiger charge is 2.07. The fourth-order valence-electron chi connectivity index (χ4n) is 1.82. The van der Waals surface area contributed by atoms with Crippen LogP contribution in [0.2, 0.25) is 0 Å². The molecule has 0 atom stereocenters. The first-order valence-corrected chi connectivity index (χ1v) is 5.70. The first kappa shape index (κ1) is 10.6. The summed E-state index contributed by atoms with van der Waals surface area (Å²) in [7, 11) is 0. The molecule has 0 spiro atoms. The molecule has 0 fully saturated rings. The number of anilines is 1. The summed E-state index contributed by atoms with van der Waals surface area (Å²) in [5, 5.41) is 0. The molecule has 0 aliphatic carbocycles. The molecule has 0 amide bonds. The van der Waals surface area contributed by atoms with E-state index in [4.69, 9.17) is 10.2 Å². The van der Waals surface area contributed by atoms with Crippen LogP contribution in [0.15, 0.2) is 65.3 Å². The molecule has 3 rings (SSSR count). The summed E-state index contributed by atoms with van der Waals surface area (Å²) in [6, 6.07) is 17.4. The summed E-state index contributed by atoms with van der Waals surface area (Å²) < 4.78 is 5.49. The number of nitrogens with zero attached hydrogens (tertiary/aromatic N) is 1. The quantitative estimate of drug-likeness (QED) is 0.692. The Morgan fingerprint density at radius 1 is 0.889 bits per heavy atom. The first-order valence-electron chi connectivity index (χ1n) is 5.70. The van der Waals surface area contributed by atoms with Gasteiger partial charge in [0.25, 0.3) is 0 Å². The summed E-state index contributed by atoms with van der Waals surface area (Å²) >= 11 is 0. The van der Waals surface area contributed by atoms with Crippen LogP contribution in [-0.4, -0.2) is 4.98 Å². The molecule has 2 N–H and O–H groups in total. The Morgan fingerprint density at radius 2 is 1.67 bits per heavy atom. The van der Waals surface area contributed by atoms with E-state index in [1.807, 2.05) is 54.6 Å². The summed E-state index contributed by atoms with van der Waals surface area (Å²) in [5.74, 6) is 0.619. The van der Waals surface area contributed by atoms with Crippen LogP contribution < -0.4 is 5.73 Å². The average molecular weight is 236 g/mol. The average Bonchev–Trinajstić information content (AvgIpc) is 2.89. The van der Waals surface area contributed by atoms with E-state index < -0.39 is 0 Å². The number of nitrogen functional groups attached to an aromatic ring is 1. The second-order valence-electron chi connectivity index (χ2n) is 4.03. The zero-order valence-corrected chi connectivity index (χ0v) is 9.71. The maximum absolute atomic E-state index is 5.76. The van der Waals surface area contributed by atoms with Gasteiger partial charge in [-0.15, -0.1) is 0 Å². The predicted molar refractivity (Wildman–Crippen MR) is 71.8 cm³/mol. The van der Waals surface area contributed by atoms with Crippen LogP contribution in [0.4, 0.5) is 5.69 Å². The molecule has 1 heterocycles. The van der Waals surface area contributed by atoms with Crippen molar-refractivity contribution in [2.45, 2.75) is 0 Å². The Labute approximate surface area is 105 Å². The lowest BCUT2D eigenvalue weighted by Gasteiger charge is -1.96. The Hall–Kier alpha value is -2.55. The molecule has 3 nitrogen and oxygen atoms in total. The van der Waals surface area contributed by atoms with Gasteiger partial charge in [-0.25, -0.2) is 4.98 Å². The Bertz CT molecular complexity index is 659. The van der Waals surface area contributed by atoms with Crippen molar-refractivity contribution in [3.63, 3.8) is 0 Å². The second-order valence-corrected chi connectivity index (χ2v) is 4.03. The predicted octanol–water partition coefficient (Wildman–Crippen LogP) is 3.59. The minimum atomic E-state index is 0.619. The van der Waals surface area contributed by atoms with Gasteiger partial charge in [0.2, 0.25) is 5.89 Å². The molecule has 3 aromatic rings. The van der Waals surface area contributed by atoms with Crippen molar-refractivity contribution in [2.24, 2.45) is 0 Å². The third-order valence-electron chi connectivity index (χ3n) is 2.71. The minimum absolute atomic E-state index is 0.619. The number of hydrogen-bond donors (Lipinski definition) is 1. The van der Waals surface area contributed by atoms with Crippen LogP contribution in [0.25, 0.3) is 22.7 Å². The molecule has 0 saturated heterocycles. The number of benzene rings is 2. The van der Waals surface area contributed by atoms with Crippen molar-refractivity contribution in [3.05, 3.63) is 60.9 Å². The van der Waals surface area contributed by atoms with Gasteiger partial charge in [-0.3, -0.25) is 0 Å². The maximum atomic E-state index is 5.76. The monoisotopic (exact) mass is 236 g/mol. The standard InChI is InChI=1S/C15H12N2O/c16-13-8-4-7-12(9-13)14-10-18-15(17-14)11-5-2-1-3-6-11/h1-10H,16H2. The van der Waals surface area contributed by atoms with Gasteiger partial charge in [0.1, 0.15) is 12.0 Å². The van der Waals surface area contributed by atoms with Crippen LogP contribution >= 0.6 is 0 Å². The highest BCUT2D eigenvalue weighted by atomic mass is 16.3. The zero-order chi connectivity index (χ0) is 12.4. The second kappa shape index (κ2) is 4.37. The minimum Gasteiger partial charge on any atom is -0.444 e. The van der Waals surface area contributed by atoms with Crippen LogP contribution in [0.5, 0.6) is 0 Å². The van der Waals surface area contributed by atoms with Gasteiger partial charge in [0, 0.05) is 16.8 Å². The van der Waals surface area contributed by atoms with E-state index in [1.165, 1.54) is 0 Å². The highest BCUT2D eigenvalue weighted by Crippen LogP contribution is 2.25. The summed E-state index contributed by atoms with van der Waals surface area (Å²) in [6.07, 6.45) is 1.65. The van der Waals surface area contributed by atoms with Crippen molar-refractivity contribution >= 4 is 5.69 Å². The van der Waals surface area contributed by atoms with Gasteiger partial charge in [-0.05, 0) is 24.3 Å². The molecular weight excluding hydrogens is 224 g/mol. The summed E-state index contributed by atoms with van der Waals surface area (Å²) in [5.41, 5.74) is 9.19. The number of aromatic nitrogens is 1. The molecule has 1 aromatic heterocycles. The molecule has 18 heavy (non-hydrogen) atoms. The largest absolute Gasteiger partial charge is 0.444 e. The molecule has 0 saturated carbocycles. The van der Waals surface area contributed by atoms with Crippen molar-refractivity contribution in [3.8, 4) is 22.7 Å². The van der Waals surface area contributed by atoms with E-state index in [0.29, 0.717) is 5.89 Å². The van der Waals surface area contributed by atoms with Gasteiger partial charge in [0.05, 0.1) is 0 Å². The molecule has 0 unspecified atom stereocenters. The number of oxazole rings is 1. The van der Waals surface area contributed by atoms with Crippen molar-refractivity contribution < 1.29 is 4.42 Å². The van der Waals surface area contributed by atoms with Gasteiger partial charge in [0.15, 0.2) is 0 Å². The third kappa shape index (κ3) is 1.98. The lowest BCUT2D eigenvalue weighted by molar-refractivity contribution is 0.575. The SMILES string of the molecule is Nc1cccc(-c2coc(-c3ccccc3)n2)c1. The number of hydrogen-bond acceptors (Lipinski definition) is 3. The fourth-order valence-corrected chi connectivity index (χ4v) is 1.82. The topological polar surface area (TPSA) is 52.0 Å². The molecule has 88 valence electrons. The molecule has 2 aromatic carbocycles. The highest BCUT2D eigenvalue weighted by molar-refractivity contribution is 5.65. The van der Waals surface area contributed by atoms with E-state index in [2.05, 4.69) is 4.98 Å². The lowest BCUT2D eigenvalue weighted by Crippen LogP contribution is -1.85. The molecule has 0 radical (unpaired) electrons. The Balaban J connectivity index is 2.00. The van der Waals surface area contributed by atoms with Crippen molar-refractivity contribution in [1.82, 2.24) is 4.98 Å². The van der Waals surface area contributed by atoms with Gasteiger partial charge >= 0.3 is 0 Å². The number of nitrogens with two attached hydrogens (primary N) is 1. The van der Waals surface area contributed by atoms with Crippen LogP contribution in [0.3, 0.4) is 0 Å². The van der Waals surface area contributed by atoms with Gasteiger partial charge in [-0.1, -0.05) is 30.3 Å². The number of rotatable bonds is 2. The Kier molecular flexibility index (Phi) is 2.57. The van der Waals surface area contributed by atoms with E-state index in [1.54, 1.807) is 6.26 Å². The van der Waals surface area contributed by atoms with Crippen LogP contribution in [0, 0.1) is 0 Å². The molecule has 0 bridgehead atoms. The molecule has 3 heteroatoms. The Morgan fingerprint density at radius 3 is 2.44 bits per heavy atom. The first-order chi connectivity index (χ1) is 8.83. The van der Waals surface area contributed by atoms with Crippen LogP contribution in [0.1, 0.15) is 0 Å². The molecule has 0 aliphatic rings. The van der Waals surface area contributed by atoms with Crippen molar-refractivity contribution in [2.75, 3.05) is 5.73 Å². The maximum Gasteiger partial charge on any atom is 0.226 e. The van der Waals surface area contributed by atoms with Crippen molar-refractivity contribution in [1.29, 1.82) is 0 Å². The zero-order valence-electron chi connectivity index (χ0n) is 9.71. The van der Waals surface area contributed by atoms with Crippen LogP contribution in [-0.2, 0) is 0 Å². The van der Waals surface area contributed by atoms with E-state index in [-0.39, 0.29) is 0 Å². The van der Waals surface area contributed by atoms with Gasteiger partial charge in [-0.2, -0.15) is 0 Å². The van der Waals surface area contributed by atoms with E-state index in [0.717, 1.165) is 22.5 Å². The summed E-state index contributed by atoms with van der Waals surface area (Å²) in [4.78, 5) is 4.47. The van der Waals surface area contributed by atoms with Gasteiger partial charge < -0.3 is 10.2 Å². The van der Waals surface area contributed by atoms with E-state index >= 15 is 0 Å². The third-order valence-corrected chi connectivity index (χ3v) is 2.71.